The Morgan fingerprint density at radius 2 is 2.21 bits per heavy atom. The van der Waals surface area contributed by atoms with Crippen molar-refractivity contribution in [2.75, 3.05) is 12.4 Å². The number of esters is 1. The van der Waals surface area contributed by atoms with Crippen molar-refractivity contribution in [1.82, 2.24) is 9.78 Å². The third-order valence-electron chi connectivity index (χ3n) is 2.67. The Kier molecular flexibility index (Phi) is 4.21. The van der Waals surface area contributed by atoms with Crippen LogP contribution in [0.2, 0.25) is 0 Å². The average molecular weight is 324 g/mol. The number of hydrogen-bond acceptors (Lipinski definition) is 4. The Hall–Kier alpha value is -1.82. The highest BCUT2D eigenvalue weighted by molar-refractivity contribution is 9.10. The zero-order valence-electron chi connectivity index (χ0n) is 10.6. The molecule has 1 aromatic carbocycles. The van der Waals surface area contributed by atoms with Gasteiger partial charge in [0.25, 0.3) is 0 Å². The lowest BCUT2D eigenvalue weighted by molar-refractivity contribution is -0.141. The van der Waals surface area contributed by atoms with Gasteiger partial charge < -0.3 is 10.1 Å². The summed E-state index contributed by atoms with van der Waals surface area (Å²) in [6, 6.07) is 7.01. The van der Waals surface area contributed by atoms with E-state index in [1.165, 1.54) is 7.11 Å². The number of halogens is 1. The Morgan fingerprint density at radius 3 is 2.79 bits per heavy atom. The first kappa shape index (κ1) is 13.6. The highest BCUT2D eigenvalue weighted by Gasteiger charge is 2.23. The van der Waals surface area contributed by atoms with E-state index < -0.39 is 6.04 Å². The molecule has 100 valence electrons. The van der Waals surface area contributed by atoms with Crippen molar-refractivity contribution in [1.29, 1.82) is 0 Å². The van der Waals surface area contributed by atoms with Gasteiger partial charge in [-0.05, 0) is 28.1 Å². The smallest absolute Gasteiger partial charge is 0.333 e. The molecule has 1 atom stereocenters. The van der Waals surface area contributed by atoms with Crippen LogP contribution in [0.4, 0.5) is 5.69 Å². The molecule has 2 aromatic rings. The average Bonchev–Trinajstić information content (AvgIpc) is 2.83. The Labute approximate surface area is 119 Å². The molecule has 0 saturated heterocycles. The summed E-state index contributed by atoms with van der Waals surface area (Å²) in [5.74, 6) is -0.358. The first-order valence-corrected chi connectivity index (χ1v) is 6.48. The summed E-state index contributed by atoms with van der Waals surface area (Å²) in [5, 5.41) is 7.23. The van der Waals surface area contributed by atoms with Crippen LogP contribution in [0.3, 0.4) is 0 Å². The van der Waals surface area contributed by atoms with Gasteiger partial charge in [0.15, 0.2) is 6.04 Å². The number of benzene rings is 1. The van der Waals surface area contributed by atoms with Crippen LogP contribution in [0.15, 0.2) is 41.1 Å². The lowest BCUT2D eigenvalue weighted by Gasteiger charge is -2.17. The molecule has 0 aliphatic heterocycles. The zero-order chi connectivity index (χ0) is 13.8. The maximum Gasteiger partial charge on any atom is 0.333 e. The molecule has 0 aliphatic rings. The Balaban J connectivity index is 2.29. The number of carbonyl (C=O) groups is 1. The number of ether oxygens (including phenoxy) is 1. The topological polar surface area (TPSA) is 56.1 Å². The molecular formula is C13H14BrN3O2. The minimum Gasteiger partial charge on any atom is -0.467 e. The molecule has 1 unspecified atom stereocenters. The lowest BCUT2D eigenvalue weighted by atomic mass is 10.1. The second-order valence-electron chi connectivity index (χ2n) is 4.03. The van der Waals surface area contributed by atoms with Crippen LogP contribution >= 0.6 is 15.9 Å². The van der Waals surface area contributed by atoms with Crippen molar-refractivity contribution in [2.45, 2.75) is 6.04 Å². The molecule has 0 saturated carbocycles. The second-order valence-corrected chi connectivity index (χ2v) is 4.88. The monoisotopic (exact) mass is 323 g/mol. The summed E-state index contributed by atoms with van der Waals surface area (Å²) >= 11 is 3.44. The number of para-hydroxylation sites is 1. The standard InChI is InChI=1S/C13H14BrN3O2/c1-17-8-9(7-15-17)12(13(18)19-2)16-11-6-4-3-5-10(11)14/h3-8,12,16H,1-2H3. The molecule has 0 aliphatic carbocycles. The number of nitrogens with zero attached hydrogens (tertiary/aromatic N) is 2. The molecule has 0 radical (unpaired) electrons. The molecule has 1 heterocycles. The minimum atomic E-state index is -0.586. The number of methoxy groups -OCH3 is 1. The van der Waals surface area contributed by atoms with Gasteiger partial charge in [-0.25, -0.2) is 4.79 Å². The predicted molar refractivity (Wildman–Crippen MR) is 75.7 cm³/mol. The second kappa shape index (κ2) is 5.88. The number of carbonyl (C=O) groups excluding carboxylic acids is 1. The van der Waals surface area contributed by atoms with E-state index in [0.717, 1.165) is 15.7 Å². The SMILES string of the molecule is COC(=O)C(Nc1ccccc1Br)c1cnn(C)c1. The van der Waals surface area contributed by atoms with Gasteiger partial charge in [0.2, 0.25) is 0 Å². The van der Waals surface area contributed by atoms with Crippen LogP contribution in [0, 0.1) is 0 Å². The van der Waals surface area contributed by atoms with Crippen LogP contribution < -0.4 is 5.32 Å². The molecule has 0 bridgehead atoms. The van der Waals surface area contributed by atoms with Crippen LogP contribution in [0.25, 0.3) is 0 Å². The molecule has 5 nitrogen and oxygen atoms in total. The third kappa shape index (κ3) is 3.14. The summed E-state index contributed by atoms with van der Waals surface area (Å²) in [6.45, 7) is 0. The summed E-state index contributed by atoms with van der Waals surface area (Å²) in [4.78, 5) is 11.9. The maximum atomic E-state index is 11.9. The van der Waals surface area contributed by atoms with Gasteiger partial charge in [-0.2, -0.15) is 5.10 Å². The van der Waals surface area contributed by atoms with Crippen molar-refractivity contribution < 1.29 is 9.53 Å². The van der Waals surface area contributed by atoms with Crippen molar-refractivity contribution in [3.63, 3.8) is 0 Å². The number of hydrogen-bond donors (Lipinski definition) is 1. The molecule has 0 spiro atoms. The molecule has 19 heavy (non-hydrogen) atoms. The van der Waals surface area contributed by atoms with E-state index in [1.807, 2.05) is 24.3 Å². The molecule has 0 fully saturated rings. The van der Waals surface area contributed by atoms with Gasteiger partial charge in [-0.15, -0.1) is 0 Å². The first-order chi connectivity index (χ1) is 9.11. The molecular weight excluding hydrogens is 310 g/mol. The van der Waals surface area contributed by atoms with Crippen LogP contribution in [-0.2, 0) is 16.6 Å². The van der Waals surface area contributed by atoms with Crippen molar-refractivity contribution >= 4 is 27.6 Å². The van der Waals surface area contributed by atoms with E-state index in [0.29, 0.717) is 0 Å². The van der Waals surface area contributed by atoms with E-state index in [-0.39, 0.29) is 5.97 Å². The van der Waals surface area contributed by atoms with Gasteiger partial charge >= 0.3 is 5.97 Å². The van der Waals surface area contributed by atoms with Gasteiger partial charge in [-0.3, -0.25) is 4.68 Å². The summed E-state index contributed by atoms with van der Waals surface area (Å²) in [5.41, 5.74) is 1.58. The van der Waals surface area contributed by atoms with E-state index in [9.17, 15) is 4.79 Å². The van der Waals surface area contributed by atoms with Crippen molar-refractivity contribution in [2.24, 2.45) is 7.05 Å². The summed E-state index contributed by atoms with van der Waals surface area (Å²) in [6.07, 6.45) is 3.43. The van der Waals surface area contributed by atoms with E-state index in [1.54, 1.807) is 24.1 Å². The van der Waals surface area contributed by atoms with Gasteiger partial charge in [-0.1, -0.05) is 12.1 Å². The largest absolute Gasteiger partial charge is 0.467 e. The fourth-order valence-electron chi connectivity index (χ4n) is 1.72. The number of aryl methyl sites for hydroxylation is 1. The van der Waals surface area contributed by atoms with Crippen molar-refractivity contribution in [3.05, 3.63) is 46.7 Å². The zero-order valence-corrected chi connectivity index (χ0v) is 12.2. The highest BCUT2D eigenvalue weighted by Crippen LogP contribution is 2.26. The lowest BCUT2D eigenvalue weighted by Crippen LogP contribution is -2.22. The summed E-state index contributed by atoms with van der Waals surface area (Å²) < 4.78 is 7.36. The van der Waals surface area contributed by atoms with Crippen LogP contribution in [-0.4, -0.2) is 22.9 Å². The van der Waals surface area contributed by atoms with Crippen LogP contribution in [0.5, 0.6) is 0 Å². The summed E-state index contributed by atoms with van der Waals surface area (Å²) in [7, 11) is 3.17. The Bertz CT molecular complexity index is 583. The number of nitrogens with one attached hydrogen (secondary N) is 1. The number of aromatic nitrogens is 2. The van der Waals surface area contributed by atoms with E-state index in [4.69, 9.17) is 4.74 Å². The quantitative estimate of drug-likeness (QED) is 0.878. The number of rotatable bonds is 4. The van der Waals surface area contributed by atoms with E-state index in [2.05, 4.69) is 26.3 Å². The minimum absolute atomic E-state index is 0.358. The van der Waals surface area contributed by atoms with Gasteiger partial charge in [0, 0.05) is 29.0 Å². The molecule has 0 amide bonds. The normalized spacial score (nSPS) is 11.9. The first-order valence-electron chi connectivity index (χ1n) is 5.69. The van der Waals surface area contributed by atoms with Gasteiger partial charge in [0.1, 0.15) is 0 Å². The number of anilines is 1. The highest BCUT2D eigenvalue weighted by atomic mass is 79.9. The molecule has 1 aromatic heterocycles. The van der Waals surface area contributed by atoms with Crippen LogP contribution in [0.1, 0.15) is 11.6 Å². The maximum absolute atomic E-state index is 11.9. The van der Waals surface area contributed by atoms with E-state index >= 15 is 0 Å². The fraction of sp³-hybridized carbons (Fsp3) is 0.231. The van der Waals surface area contributed by atoms with Crippen molar-refractivity contribution in [3.8, 4) is 0 Å². The predicted octanol–water partition coefficient (Wildman–Crippen LogP) is 2.51. The van der Waals surface area contributed by atoms with Gasteiger partial charge in [0.05, 0.1) is 13.3 Å². The molecule has 2 rings (SSSR count). The third-order valence-corrected chi connectivity index (χ3v) is 3.36. The molecule has 6 heteroatoms. The Morgan fingerprint density at radius 1 is 1.47 bits per heavy atom. The fourth-order valence-corrected chi connectivity index (χ4v) is 2.12. The molecule has 1 N–H and O–H groups in total.